The van der Waals surface area contributed by atoms with Crippen LogP contribution in [0.25, 0.3) is 5.65 Å². The molecule has 3 N–H and O–H groups in total. The Morgan fingerprint density at radius 2 is 2.04 bits per heavy atom. The minimum absolute atomic E-state index is 0.123. The molecule has 8 heteroatoms. The molecular weight excluding hydrogens is 331 g/mol. The van der Waals surface area contributed by atoms with Crippen LogP contribution in [0.2, 0.25) is 0 Å². The molecule has 0 aromatic carbocycles. The van der Waals surface area contributed by atoms with Crippen molar-refractivity contribution in [2.45, 2.75) is 63.2 Å². The first-order chi connectivity index (χ1) is 11.8. The molecule has 2 aliphatic carbocycles. The average molecular weight is 353 g/mol. The van der Waals surface area contributed by atoms with Gasteiger partial charge in [0.15, 0.2) is 5.65 Å². The van der Waals surface area contributed by atoms with Gasteiger partial charge in [-0.2, -0.15) is 22.8 Å². The summed E-state index contributed by atoms with van der Waals surface area (Å²) in [4.78, 5) is 4.33. The molecular formula is C17H22F3N5. The lowest BCUT2D eigenvalue weighted by molar-refractivity contribution is -0.136. The summed E-state index contributed by atoms with van der Waals surface area (Å²) >= 11 is 0. The molecule has 25 heavy (non-hydrogen) atoms. The summed E-state index contributed by atoms with van der Waals surface area (Å²) in [6.07, 6.45) is 1.25. The van der Waals surface area contributed by atoms with Crippen LogP contribution in [0, 0.1) is 5.92 Å². The van der Waals surface area contributed by atoms with E-state index in [1.54, 1.807) is 0 Å². The van der Waals surface area contributed by atoms with Crippen molar-refractivity contribution in [3.63, 3.8) is 0 Å². The highest BCUT2D eigenvalue weighted by molar-refractivity contribution is 5.56. The topological polar surface area (TPSA) is 68.2 Å². The van der Waals surface area contributed by atoms with Gasteiger partial charge in [-0.1, -0.05) is 6.92 Å². The quantitative estimate of drug-likeness (QED) is 0.882. The molecule has 0 amide bonds. The summed E-state index contributed by atoms with van der Waals surface area (Å²) in [5.74, 6) is 1.23. The van der Waals surface area contributed by atoms with Gasteiger partial charge in [-0.05, 0) is 38.0 Å². The maximum atomic E-state index is 13.3. The maximum absolute atomic E-state index is 13.3. The number of fused-ring (bicyclic) bond motifs is 1. The molecule has 136 valence electrons. The third kappa shape index (κ3) is 3.19. The van der Waals surface area contributed by atoms with Crippen molar-refractivity contribution in [3.05, 3.63) is 23.5 Å². The van der Waals surface area contributed by atoms with Crippen LogP contribution in [0.15, 0.2) is 12.3 Å². The summed E-state index contributed by atoms with van der Waals surface area (Å²) in [6, 6.07) is 2.15. The molecule has 0 bridgehead atoms. The SMILES string of the molecule is C[C@@H](c1cc(N[C@H]2CC[C@H](N)C2)n2ncc(C(F)(F)F)c2n1)C1CC1. The van der Waals surface area contributed by atoms with Gasteiger partial charge < -0.3 is 11.1 Å². The number of hydrogen-bond acceptors (Lipinski definition) is 4. The Morgan fingerprint density at radius 1 is 1.28 bits per heavy atom. The van der Waals surface area contributed by atoms with E-state index in [1.165, 1.54) is 4.52 Å². The zero-order valence-corrected chi connectivity index (χ0v) is 14.1. The first-order valence-corrected chi connectivity index (χ1v) is 8.81. The smallest absolute Gasteiger partial charge is 0.367 e. The number of nitrogens with one attached hydrogen (secondary N) is 1. The number of hydrogen-bond donors (Lipinski definition) is 2. The second-order valence-corrected chi connectivity index (χ2v) is 7.40. The standard InChI is InChI=1S/C17H22F3N5/c1-9(10-2-3-10)14-7-15(23-12-5-4-11(21)6-12)25-16(24-14)13(8-22-25)17(18,19)20/h7-12,23H,2-6,21H2,1H3/t9-,11+,12+/m1/s1. The van der Waals surface area contributed by atoms with E-state index < -0.39 is 11.7 Å². The fraction of sp³-hybridized carbons (Fsp3) is 0.647. The van der Waals surface area contributed by atoms with E-state index in [1.807, 2.05) is 13.0 Å². The van der Waals surface area contributed by atoms with Crippen molar-refractivity contribution < 1.29 is 13.2 Å². The summed E-state index contributed by atoms with van der Waals surface area (Å²) in [7, 11) is 0. The molecule has 5 nitrogen and oxygen atoms in total. The first kappa shape index (κ1) is 16.6. The van der Waals surface area contributed by atoms with Crippen LogP contribution in [0.5, 0.6) is 0 Å². The molecule has 0 saturated heterocycles. The summed E-state index contributed by atoms with van der Waals surface area (Å²) < 4.78 is 41.2. The van der Waals surface area contributed by atoms with Crippen molar-refractivity contribution in [1.29, 1.82) is 0 Å². The predicted molar refractivity (Wildman–Crippen MR) is 88.4 cm³/mol. The fourth-order valence-electron chi connectivity index (χ4n) is 3.71. The Hall–Kier alpha value is -1.83. The Labute approximate surface area is 143 Å². The number of nitrogens with two attached hydrogens (primary N) is 1. The van der Waals surface area contributed by atoms with Crippen molar-refractivity contribution in [3.8, 4) is 0 Å². The predicted octanol–water partition coefficient (Wildman–Crippen LogP) is 3.55. The number of rotatable bonds is 4. The van der Waals surface area contributed by atoms with Gasteiger partial charge in [-0.3, -0.25) is 0 Å². The molecule has 3 atom stereocenters. The van der Waals surface area contributed by atoms with Gasteiger partial charge in [0.2, 0.25) is 0 Å². The van der Waals surface area contributed by atoms with Crippen LogP contribution >= 0.6 is 0 Å². The normalized spacial score (nSPS) is 25.5. The third-order valence-corrected chi connectivity index (χ3v) is 5.42. The van der Waals surface area contributed by atoms with Gasteiger partial charge in [0.25, 0.3) is 0 Å². The highest BCUT2D eigenvalue weighted by Crippen LogP contribution is 2.43. The van der Waals surface area contributed by atoms with Crippen molar-refractivity contribution in [2.75, 3.05) is 5.32 Å². The van der Waals surface area contributed by atoms with Gasteiger partial charge in [-0.25, -0.2) is 4.98 Å². The lowest BCUT2D eigenvalue weighted by atomic mass is 10.0. The zero-order valence-electron chi connectivity index (χ0n) is 14.1. The molecule has 0 radical (unpaired) electrons. The molecule has 2 aromatic rings. The van der Waals surface area contributed by atoms with E-state index in [0.29, 0.717) is 17.4 Å². The Bertz CT molecular complexity index is 780. The summed E-state index contributed by atoms with van der Waals surface area (Å²) in [6.45, 7) is 2.04. The van der Waals surface area contributed by atoms with Crippen LogP contribution in [-0.2, 0) is 6.18 Å². The zero-order chi connectivity index (χ0) is 17.8. The van der Waals surface area contributed by atoms with E-state index in [9.17, 15) is 13.2 Å². The highest BCUT2D eigenvalue weighted by Gasteiger charge is 2.37. The van der Waals surface area contributed by atoms with E-state index in [-0.39, 0.29) is 23.6 Å². The molecule has 4 rings (SSSR count). The first-order valence-electron chi connectivity index (χ1n) is 8.81. The molecule has 2 fully saturated rings. The number of nitrogens with zero attached hydrogens (tertiary/aromatic N) is 3. The molecule has 0 unspecified atom stereocenters. The number of aromatic nitrogens is 3. The van der Waals surface area contributed by atoms with Gasteiger partial charge in [0, 0.05) is 29.8 Å². The molecule has 2 aromatic heterocycles. The number of alkyl halides is 3. The van der Waals surface area contributed by atoms with Gasteiger partial charge in [0.1, 0.15) is 11.4 Å². The molecule has 2 saturated carbocycles. The van der Waals surface area contributed by atoms with Crippen LogP contribution in [0.3, 0.4) is 0 Å². The fourth-order valence-corrected chi connectivity index (χ4v) is 3.71. The van der Waals surface area contributed by atoms with Crippen molar-refractivity contribution in [2.24, 2.45) is 11.7 Å². The molecule has 2 aliphatic rings. The third-order valence-electron chi connectivity index (χ3n) is 5.42. The van der Waals surface area contributed by atoms with E-state index >= 15 is 0 Å². The molecule has 2 heterocycles. The Morgan fingerprint density at radius 3 is 2.64 bits per heavy atom. The second kappa shape index (κ2) is 5.86. The largest absolute Gasteiger partial charge is 0.421 e. The van der Waals surface area contributed by atoms with Gasteiger partial charge in [0.05, 0.1) is 6.20 Å². The van der Waals surface area contributed by atoms with E-state index in [0.717, 1.165) is 38.3 Å². The monoisotopic (exact) mass is 353 g/mol. The van der Waals surface area contributed by atoms with E-state index in [2.05, 4.69) is 15.4 Å². The molecule has 0 aliphatic heterocycles. The van der Waals surface area contributed by atoms with Gasteiger partial charge in [-0.15, -0.1) is 0 Å². The number of anilines is 1. The van der Waals surface area contributed by atoms with Crippen molar-refractivity contribution in [1.82, 2.24) is 14.6 Å². The van der Waals surface area contributed by atoms with Crippen LogP contribution < -0.4 is 11.1 Å². The highest BCUT2D eigenvalue weighted by atomic mass is 19.4. The van der Waals surface area contributed by atoms with Crippen LogP contribution in [-0.4, -0.2) is 26.7 Å². The number of halogens is 3. The summed E-state index contributed by atoms with van der Waals surface area (Å²) in [5.41, 5.74) is 5.74. The lowest BCUT2D eigenvalue weighted by Gasteiger charge is -2.18. The Kier molecular flexibility index (Phi) is 3.90. The van der Waals surface area contributed by atoms with Crippen molar-refractivity contribution >= 4 is 11.5 Å². The minimum Gasteiger partial charge on any atom is -0.367 e. The minimum atomic E-state index is -4.47. The molecule has 0 spiro atoms. The van der Waals surface area contributed by atoms with Crippen LogP contribution in [0.1, 0.15) is 56.2 Å². The van der Waals surface area contributed by atoms with Gasteiger partial charge >= 0.3 is 6.18 Å². The maximum Gasteiger partial charge on any atom is 0.421 e. The van der Waals surface area contributed by atoms with E-state index in [4.69, 9.17) is 5.73 Å². The van der Waals surface area contributed by atoms with Crippen LogP contribution in [0.4, 0.5) is 19.0 Å². The summed E-state index contributed by atoms with van der Waals surface area (Å²) in [5, 5.41) is 7.29. The Balaban J connectivity index is 1.77. The average Bonchev–Trinajstić information content (AvgIpc) is 3.16. The lowest BCUT2D eigenvalue weighted by Crippen LogP contribution is -2.22. The second-order valence-electron chi connectivity index (χ2n) is 7.40.